The molecule has 0 unspecified atom stereocenters. The van der Waals surface area contributed by atoms with Gasteiger partial charge in [0.15, 0.2) is 0 Å². The maximum absolute atomic E-state index is 6.00. The predicted molar refractivity (Wildman–Crippen MR) is 72.6 cm³/mol. The van der Waals surface area contributed by atoms with Gasteiger partial charge in [-0.05, 0) is 29.8 Å². The summed E-state index contributed by atoms with van der Waals surface area (Å²) in [5.41, 5.74) is 1.83. The molecule has 0 spiro atoms. The quantitative estimate of drug-likeness (QED) is 0.758. The predicted octanol–water partition coefficient (Wildman–Crippen LogP) is 4.33. The van der Waals surface area contributed by atoms with E-state index in [1.54, 1.807) is 24.4 Å². The summed E-state index contributed by atoms with van der Waals surface area (Å²) in [5, 5.41) is 1.17. The number of hydrogen-bond acceptors (Lipinski definition) is 2. The molecule has 1 aromatic carbocycles. The van der Waals surface area contributed by atoms with Gasteiger partial charge in [0.2, 0.25) is 0 Å². The Hall–Kier alpha value is -1.38. The van der Waals surface area contributed by atoms with Crippen LogP contribution in [0.3, 0.4) is 0 Å². The van der Waals surface area contributed by atoms with Crippen LogP contribution in [0.15, 0.2) is 47.7 Å². The van der Waals surface area contributed by atoms with E-state index in [1.807, 2.05) is 24.5 Å². The molecule has 17 heavy (non-hydrogen) atoms. The van der Waals surface area contributed by atoms with Gasteiger partial charge in [0, 0.05) is 30.1 Å². The van der Waals surface area contributed by atoms with Gasteiger partial charge >= 0.3 is 0 Å². The van der Waals surface area contributed by atoms with E-state index in [9.17, 15) is 0 Å². The highest BCUT2D eigenvalue weighted by Crippen LogP contribution is 2.27. The molecule has 2 nitrogen and oxygen atoms in total. The van der Waals surface area contributed by atoms with Crippen LogP contribution in [0.1, 0.15) is 5.56 Å². The fourth-order valence-corrected chi connectivity index (χ4v) is 1.81. The molecule has 0 aliphatic rings. The van der Waals surface area contributed by atoms with Gasteiger partial charge in [-0.2, -0.15) is 0 Å². The van der Waals surface area contributed by atoms with Crippen molar-refractivity contribution < 1.29 is 0 Å². The van der Waals surface area contributed by atoms with E-state index in [0.717, 1.165) is 17.7 Å². The number of nitrogens with zero attached hydrogens (tertiary/aromatic N) is 2. The van der Waals surface area contributed by atoms with E-state index in [0.29, 0.717) is 10.0 Å². The van der Waals surface area contributed by atoms with E-state index in [1.165, 1.54) is 0 Å². The lowest BCUT2D eigenvalue weighted by Gasteiger charge is -1.98. The minimum Gasteiger partial charge on any atom is -0.264 e. The molecule has 0 aliphatic carbocycles. The third-order valence-electron chi connectivity index (χ3n) is 2.19. The van der Waals surface area contributed by atoms with E-state index in [-0.39, 0.29) is 0 Å². The monoisotopic (exact) mass is 264 g/mol. The number of aromatic nitrogens is 1. The van der Waals surface area contributed by atoms with Gasteiger partial charge in [-0.25, -0.2) is 0 Å². The van der Waals surface area contributed by atoms with Crippen molar-refractivity contribution in [3.05, 3.63) is 58.3 Å². The van der Waals surface area contributed by atoms with Gasteiger partial charge in [-0.1, -0.05) is 29.3 Å². The van der Waals surface area contributed by atoms with E-state index in [2.05, 4.69) is 9.98 Å². The summed E-state index contributed by atoms with van der Waals surface area (Å²) in [5.74, 6) is 0. The summed E-state index contributed by atoms with van der Waals surface area (Å²) in [6, 6.07) is 9.15. The molecule has 0 radical (unpaired) electrons. The van der Waals surface area contributed by atoms with E-state index >= 15 is 0 Å². The maximum Gasteiger partial charge on any atom is 0.0813 e. The lowest BCUT2D eigenvalue weighted by molar-refractivity contribution is 1.23. The molecule has 0 saturated carbocycles. The first kappa shape index (κ1) is 12.1. The number of rotatable bonds is 3. The van der Waals surface area contributed by atoms with E-state index in [4.69, 9.17) is 23.2 Å². The molecular weight excluding hydrogens is 255 g/mol. The van der Waals surface area contributed by atoms with Crippen molar-refractivity contribution in [2.24, 2.45) is 4.99 Å². The molecular formula is C13H10Cl2N2. The van der Waals surface area contributed by atoms with Gasteiger partial charge in [0.25, 0.3) is 0 Å². The number of pyridine rings is 1. The summed E-state index contributed by atoms with van der Waals surface area (Å²) in [6.45, 7) is 0. The normalized spacial score (nSPS) is 10.9. The van der Waals surface area contributed by atoms with Crippen molar-refractivity contribution in [3.63, 3.8) is 0 Å². The smallest absolute Gasteiger partial charge is 0.0813 e. The molecule has 0 aliphatic heterocycles. The van der Waals surface area contributed by atoms with Gasteiger partial charge in [-0.3, -0.25) is 9.98 Å². The molecule has 2 rings (SSSR count). The molecule has 0 amide bonds. The van der Waals surface area contributed by atoms with Crippen LogP contribution in [0, 0.1) is 0 Å². The highest BCUT2D eigenvalue weighted by molar-refractivity contribution is 6.36. The summed E-state index contributed by atoms with van der Waals surface area (Å²) < 4.78 is 0. The fraction of sp³-hybridized carbons (Fsp3) is 0.0769. The lowest BCUT2D eigenvalue weighted by atomic mass is 10.2. The number of aliphatic imine (C=N–C) groups is 1. The van der Waals surface area contributed by atoms with Crippen molar-refractivity contribution in [1.29, 1.82) is 0 Å². The molecule has 0 atom stereocenters. The Labute approximate surface area is 110 Å². The van der Waals surface area contributed by atoms with Crippen molar-refractivity contribution >= 4 is 35.1 Å². The Bertz CT molecular complexity index is 524. The highest BCUT2D eigenvalue weighted by atomic mass is 35.5. The average molecular weight is 265 g/mol. The Morgan fingerprint density at radius 2 is 2.12 bits per heavy atom. The maximum atomic E-state index is 6.00. The lowest BCUT2D eigenvalue weighted by Crippen LogP contribution is -1.86. The minimum atomic E-state index is 0.555. The first-order valence-electron chi connectivity index (χ1n) is 5.12. The zero-order valence-electron chi connectivity index (χ0n) is 8.98. The molecule has 0 fully saturated rings. The zero-order valence-corrected chi connectivity index (χ0v) is 10.5. The largest absolute Gasteiger partial charge is 0.264 e. The van der Waals surface area contributed by atoms with Crippen molar-refractivity contribution in [2.45, 2.75) is 6.42 Å². The summed E-state index contributed by atoms with van der Waals surface area (Å²) in [6.07, 6.45) is 6.10. The first-order chi connectivity index (χ1) is 8.25. The Balaban J connectivity index is 2.06. The van der Waals surface area contributed by atoms with Crippen molar-refractivity contribution in [3.8, 4) is 0 Å². The fourth-order valence-electron chi connectivity index (χ4n) is 1.35. The van der Waals surface area contributed by atoms with Gasteiger partial charge in [0.1, 0.15) is 0 Å². The highest BCUT2D eigenvalue weighted by Gasteiger charge is 1.98. The molecule has 1 aromatic heterocycles. The van der Waals surface area contributed by atoms with Crippen LogP contribution in [0.4, 0.5) is 5.69 Å². The topological polar surface area (TPSA) is 25.2 Å². The van der Waals surface area contributed by atoms with Gasteiger partial charge in [0.05, 0.1) is 10.7 Å². The van der Waals surface area contributed by atoms with Crippen LogP contribution < -0.4 is 0 Å². The molecule has 0 bridgehead atoms. The Morgan fingerprint density at radius 3 is 2.82 bits per heavy atom. The zero-order chi connectivity index (χ0) is 12.1. The third kappa shape index (κ3) is 3.55. The van der Waals surface area contributed by atoms with Crippen LogP contribution in [-0.2, 0) is 6.42 Å². The summed E-state index contributed by atoms with van der Waals surface area (Å²) in [7, 11) is 0. The molecule has 86 valence electrons. The summed E-state index contributed by atoms with van der Waals surface area (Å²) >= 11 is 11.8. The summed E-state index contributed by atoms with van der Waals surface area (Å²) in [4.78, 5) is 8.33. The molecule has 1 heterocycles. The molecule has 0 saturated heterocycles. The van der Waals surface area contributed by atoms with Crippen LogP contribution in [-0.4, -0.2) is 11.2 Å². The Kier molecular flexibility index (Phi) is 4.13. The van der Waals surface area contributed by atoms with Gasteiger partial charge in [-0.15, -0.1) is 0 Å². The van der Waals surface area contributed by atoms with Crippen LogP contribution >= 0.6 is 23.2 Å². The van der Waals surface area contributed by atoms with Crippen molar-refractivity contribution in [2.75, 3.05) is 0 Å². The number of halogens is 2. The van der Waals surface area contributed by atoms with Crippen LogP contribution in [0.25, 0.3) is 0 Å². The second-order valence-electron chi connectivity index (χ2n) is 3.47. The molecule has 2 aromatic rings. The number of benzene rings is 1. The van der Waals surface area contributed by atoms with E-state index < -0.39 is 0 Å². The molecule has 4 heteroatoms. The standard InChI is InChI=1S/C13H10Cl2N2/c14-11-3-4-13(12(15)8-11)17-7-5-10-2-1-6-16-9-10/h1-4,6-9H,5H2. The van der Waals surface area contributed by atoms with Crippen LogP contribution in [0.5, 0.6) is 0 Å². The molecule has 0 N–H and O–H groups in total. The third-order valence-corrected chi connectivity index (χ3v) is 2.73. The SMILES string of the molecule is Clc1ccc(N=CCc2cccnc2)c(Cl)c1. The Morgan fingerprint density at radius 1 is 1.24 bits per heavy atom. The number of hydrogen-bond donors (Lipinski definition) is 0. The minimum absolute atomic E-state index is 0.555. The second kappa shape index (κ2) is 5.80. The van der Waals surface area contributed by atoms with Gasteiger partial charge < -0.3 is 0 Å². The van der Waals surface area contributed by atoms with Crippen LogP contribution in [0.2, 0.25) is 10.0 Å². The first-order valence-corrected chi connectivity index (χ1v) is 5.88. The second-order valence-corrected chi connectivity index (χ2v) is 4.32. The average Bonchev–Trinajstić information content (AvgIpc) is 2.33. The van der Waals surface area contributed by atoms with Crippen molar-refractivity contribution in [1.82, 2.24) is 4.98 Å².